The van der Waals surface area contributed by atoms with E-state index in [0.717, 1.165) is 44.3 Å². The zero-order valence-electron chi connectivity index (χ0n) is 20.7. The third-order valence-corrected chi connectivity index (χ3v) is 6.64. The van der Waals surface area contributed by atoms with Crippen molar-refractivity contribution in [3.05, 3.63) is 118 Å². The molecule has 36 heavy (non-hydrogen) atoms. The number of benzene rings is 4. The van der Waals surface area contributed by atoms with Crippen molar-refractivity contribution in [2.45, 2.75) is 33.2 Å². The fourth-order valence-electron chi connectivity index (χ4n) is 4.99. The molecule has 0 bridgehead atoms. The van der Waals surface area contributed by atoms with E-state index < -0.39 is 5.97 Å². The lowest BCUT2D eigenvalue weighted by Crippen LogP contribution is -2.31. The number of nitrogens with zero attached hydrogens (tertiary/aromatic N) is 2. The van der Waals surface area contributed by atoms with Crippen molar-refractivity contribution in [2.75, 3.05) is 6.61 Å². The molecule has 0 aliphatic carbocycles. The third-order valence-electron chi connectivity index (χ3n) is 6.64. The number of hydrazone groups is 1. The van der Waals surface area contributed by atoms with E-state index >= 15 is 0 Å². The largest absolute Gasteiger partial charge is 0.452 e. The molecule has 0 saturated carbocycles. The van der Waals surface area contributed by atoms with E-state index in [1.807, 2.05) is 81.4 Å². The van der Waals surface area contributed by atoms with Gasteiger partial charge in [0.15, 0.2) is 6.61 Å². The Morgan fingerprint density at radius 2 is 1.53 bits per heavy atom. The Hall–Kier alpha value is -4.25. The molecule has 4 aromatic rings. The van der Waals surface area contributed by atoms with Gasteiger partial charge in [-0.2, -0.15) is 5.10 Å². The van der Waals surface area contributed by atoms with Crippen LogP contribution >= 0.6 is 0 Å². The summed E-state index contributed by atoms with van der Waals surface area (Å²) in [5.74, 6) is -0.844. The molecule has 0 spiro atoms. The summed E-state index contributed by atoms with van der Waals surface area (Å²) in [6.07, 6.45) is 0.582. The Bertz CT molecular complexity index is 1470. The molecular formula is C31H28N2O3. The van der Waals surface area contributed by atoms with Gasteiger partial charge in [-0.15, -0.1) is 0 Å². The van der Waals surface area contributed by atoms with Crippen molar-refractivity contribution in [1.29, 1.82) is 0 Å². The number of esters is 1. The Morgan fingerprint density at radius 1 is 0.861 bits per heavy atom. The molecule has 1 aliphatic rings. The highest BCUT2D eigenvalue weighted by molar-refractivity contribution is 6.05. The van der Waals surface area contributed by atoms with Crippen LogP contribution in [0.2, 0.25) is 0 Å². The summed E-state index contributed by atoms with van der Waals surface area (Å²) in [5, 5.41) is 8.48. The van der Waals surface area contributed by atoms with Crippen molar-refractivity contribution in [1.82, 2.24) is 5.01 Å². The molecule has 5 rings (SSSR count). The molecule has 0 fully saturated rings. The van der Waals surface area contributed by atoms with E-state index in [2.05, 4.69) is 24.3 Å². The van der Waals surface area contributed by atoms with Crippen LogP contribution in [0.25, 0.3) is 10.8 Å². The van der Waals surface area contributed by atoms with Gasteiger partial charge < -0.3 is 4.74 Å². The van der Waals surface area contributed by atoms with Crippen LogP contribution in [0.1, 0.15) is 50.6 Å². The maximum atomic E-state index is 13.3. The Kier molecular flexibility index (Phi) is 6.38. The minimum atomic E-state index is -0.493. The molecule has 1 atom stereocenters. The predicted octanol–water partition coefficient (Wildman–Crippen LogP) is 6.30. The van der Waals surface area contributed by atoms with Crippen LogP contribution in [0.4, 0.5) is 0 Å². The molecule has 0 unspecified atom stereocenters. The van der Waals surface area contributed by atoms with Crippen LogP contribution in [0.3, 0.4) is 0 Å². The van der Waals surface area contributed by atoms with Crippen molar-refractivity contribution in [2.24, 2.45) is 5.10 Å². The van der Waals surface area contributed by atoms with Gasteiger partial charge in [0.2, 0.25) is 0 Å². The number of rotatable bonds is 5. The molecule has 4 aromatic carbocycles. The summed E-state index contributed by atoms with van der Waals surface area (Å²) in [4.78, 5) is 26.2. The van der Waals surface area contributed by atoms with Gasteiger partial charge in [-0.05, 0) is 59.9 Å². The summed E-state index contributed by atoms with van der Waals surface area (Å²) >= 11 is 0. The van der Waals surface area contributed by atoms with Gasteiger partial charge in [0, 0.05) is 6.42 Å². The molecule has 180 valence electrons. The van der Waals surface area contributed by atoms with E-state index in [1.54, 1.807) is 0 Å². The topological polar surface area (TPSA) is 59.0 Å². The Balaban J connectivity index is 1.40. The quantitative estimate of drug-likeness (QED) is 0.318. The second-order valence-electron chi connectivity index (χ2n) is 9.33. The monoisotopic (exact) mass is 476 g/mol. The first-order chi connectivity index (χ1) is 17.4. The van der Waals surface area contributed by atoms with E-state index in [4.69, 9.17) is 9.84 Å². The first-order valence-electron chi connectivity index (χ1n) is 12.1. The van der Waals surface area contributed by atoms with Gasteiger partial charge in [-0.3, -0.25) is 4.79 Å². The van der Waals surface area contributed by atoms with Gasteiger partial charge in [0.05, 0.1) is 17.3 Å². The second-order valence-corrected chi connectivity index (χ2v) is 9.33. The molecule has 1 heterocycles. The molecule has 0 N–H and O–H groups in total. The number of ether oxygens (including phenoxy) is 1. The molecule has 1 amide bonds. The second kappa shape index (κ2) is 9.78. The number of hydrogen-bond donors (Lipinski definition) is 0. The third kappa shape index (κ3) is 4.65. The average molecular weight is 477 g/mol. The smallest absolute Gasteiger partial charge is 0.339 e. The highest BCUT2D eigenvalue weighted by atomic mass is 16.5. The maximum Gasteiger partial charge on any atom is 0.339 e. The van der Waals surface area contributed by atoms with Crippen LogP contribution in [-0.2, 0) is 9.53 Å². The molecule has 5 heteroatoms. The average Bonchev–Trinajstić information content (AvgIpc) is 3.33. The highest BCUT2D eigenvalue weighted by Gasteiger charge is 2.33. The first-order valence-corrected chi connectivity index (χ1v) is 12.1. The number of amides is 1. The maximum absolute atomic E-state index is 13.3. The summed E-state index contributed by atoms with van der Waals surface area (Å²) in [5.41, 5.74) is 6.06. The van der Waals surface area contributed by atoms with Crippen LogP contribution in [0.15, 0.2) is 90.0 Å². The first kappa shape index (κ1) is 23.5. The fraction of sp³-hybridized carbons (Fsp3) is 0.194. The van der Waals surface area contributed by atoms with Gasteiger partial charge in [0.1, 0.15) is 0 Å². The molecule has 0 saturated heterocycles. The SMILES string of the molecule is Cc1cc(C)c(C(=O)OCC(=O)N2N=C(c3ccc4ccccc4c3)C[C@H]2c2ccccc2)c(C)c1. The van der Waals surface area contributed by atoms with Crippen LogP contribution in [0.5, 0.6) is 0 Å². The zero-order chi connectivity index (χ0) is 25.2. The van der Waals surface area contributed by atoms with E-state index in [0.29, 0.717) is 12.0 Å². The van der Waals surface area contributed by atoms with Crippen LogP contribution in [0, 0.1) is 20.8 Å². The minimum Gasteiger partial charge on any atom is -0.452 e. The normalized spacial score (nSPS) is 15.1. The molecule has 0 radical (unpaired) electrons. The Labute approximate surface area is 211 Å². The summed E-state index contributed by atoms with van der Waals surface area (Å²) < 4.78 is 5.49. The van der Waals surface area contributed by atoms with E-state index in [1.165, 1.54) is 5.01 Å². The molecule has 0 aromatic heterocycles. The zero-order valence-corrected chi connectivity index (χ0v) is 20.7. The molecular weight excluding hydrogens is 448 g/mol. The fourth-order valence-corrected chi connectivity index (χ4v) is 4.99. The molecule has 1 aliphatic heterocycles. The minimum absolute atomic E-state index is 0.262. The van der Waals surface area contributed by atoms with Crippen molar-refractivity contribution < 1.29 is 14.3 Å². The number of fused-ring (bicyclic) bond motifs is 1. The van der Waals surface area contributed by atoms with Crippen molar-refractivity contribution in [3.8, 4) is 0 Å². The lowest BCUT2D eigenvalue weighted by atomic mass is 9.97. The van der Waals surface area contributed by atoms with Crippen LogP contribution in [-0.4, -0.2) is 29.2 Å². The van der Waals surface area contributed by atoms with E-state index in [9.17, 15) is 9.59 Å². The van der Waals surface area contributed by atoms with Gasteiger partial charge >= 0.3 is 5.97 Å². The number of hydrogen-bond acceptors (Lipinski definition) is 4. The Morgan fingerprint density at radius 3 is 2.25 bits per heavy atom. The van der Waals surface area contributed by atoms with Crippen molar-refractivity contribution in [3.63, 3.8) is 0 Å². The summed E-state index contributed by atoms with van der Waals surface area (Å²) in [7, 11) is 0. The lowest BCUT2D eigenvalue weighted by Gasteiger charge is -2.22. The molecule has 5 nitrogen and oxygen atoms in total. The number of carbonyl (C=O) groups is 2. The number of carbonyl (C=O) groups excluding carboxylic acids is 2. The number of aryl methyl sites for hydroxylation is 3. The van der Waals surface area contributed by atoms with E-state index in [-0.39, 0.29) is 18.6 Å². The van der Waals surface area contributed by atoms with Gasteiger partial charge in [0.25, 0.3) is 5.91 Å². The summed E-state index contributed by atoms with van der Waals surface area (Å²) in [6, 6.07) is 27.9. The standard InChI is InChI=1S/C31H28N2O3/c1-20-15-21(2)30(22(3)16-20)31(35)36-19-29(34)33-28(24-10-5-4-6-11-24)18-27(32-33)26-14-13-23-9-7-8-12-25(23)17-26/h4-17,28H,18-19H2,1-3H3/t28-/m0/s1. The highest BCUT2D eigenvalue weighted by Crippen LogP contribution is 2.33. The van der Waals surface area contributed by atoms with Crippen molar-refractivity contribution >= 4 is 28.4 Å². The van der Waals surface area contributed by atoms with Gasteiger partial charge in [-0.25, -0.2) is 9.80 Å². The predicted molar refractivity (Wildman–Crippen MR) is 142 cm³/mol. The summed E-state index contributed by atoms with van der Waals surface area (Å²) in [6.45, 7) is 5.37. The lowest BCUT2D eigenvalue weighted by molar-refractivity contribution is -0.136. The van der Waals surface area contributed by atoms with Crippen LogP contribution < -0.4 is 0 Å². The van der Waals surface area contributed by atoms with Gasteiger partial charge in [-0.1, -0.05) is 84.4 Å².